The van der Waals surface area contributed by atoms with Gasteiger partial charge < -0.3 is 10.6 Å². The quantitative estimate of drug-likeness (QED) is 0.728. The minimum Gasteiger partial charge on any atom is -0.326 e. The summed E-state index contributed by atoms with van der Waals surface area (Å²) in [5, 5.41) is 5.97. The van der Waals surface area contributed by atoms with Gasteiger partial charge in [-0.25, -0.2) is 4.98 Å². The van der Waals surface area contributed by atoms with E-state index >= 15 is 0 Å². The Morgan fingerprint density at radius 2 is 1.78 bits per heavy atom. The van der Waals surface area contributed by atoms with Gasteiger partial charge in [-0.05, 0) is 36.8 Å². The molecular formula is C20H20N4O3. The molecule has 0 unspecified atom stereocenters. The second-order valence-electron chi connectivity index (χ2n) is 6.27. The van der Waals surface area contributed by atoms with Crippen molar-refractivity contribution in [3.63, 3.8) is 0 Å². The number of aromatic nitrogens is 2. The zero-order valence-electron chi connectivity index (χ0n) is 15.2. The molecular weight excluding hydrogens is 344 g/mol. The zero-order valence-corrected chi connectivity index (χ0v) is 15.2. The summed E-state index contributed by atoms with van der Waals surface area (Å²) in [5.41, 5.74) is 2.63. The van der Waals surface area contributed by atoms with E-state index in [1.54, 1.807) is 30.3 Å². The number of hydrogen-bond donors (Lipinski definition) is 2. The maximum atomic E-state index is 12.5. The molecule has 0 saturated carbocycles. The molecule has 3 aromatic rings. The number of hydrogen-bond acceptors (Lipinski definition) is 4. The third-order valence-corrected chi connectivity index (χ3v) is 4.10. The summed E-state index contributed by atoms with van der Waals surface area (Å²) in [7, 11) is 0. The normalized spacial score (nSPS) is 10.6. The van der Waals surface area contributed by atoms with E-state index in [9.17, 15) is 14.4 Å². The van der Waals surface area contributed by atoms with Crippen LogP contribution in [0.25, 0.3) is 10.9 Å². The molecule has 3 rings (SSSR count). The molecule has 0 saturated heterocycles. The number of nitrogens with one attached hydrogen (secondary N) is 2. The summed E-state index contributed by atoms with van der Waals surface area (Å²) in [4.78, 5) is 40.2. The number of benzene rings is 2. The first kappa shape index (κ1) is 18.3. The van der Waals surface area contributed by atoms with Crippen LogP contribution in [0, 0.1) is 6.92 Å². The summed E-state index contributed by atoms with van der Waals surface area (Å²) in [6, 6.07) is 12.3. The van der Waals surface area contributed by atoms with Crippen LogP contribution in [-0.2, 0) is 16.1 Å². The molecule has 0 bridgehead atoms. The van der Waals surface area contributed by atoms with Crippen molar-refractivity contribution in [2.24, 2.45) is 0 Å². The Balaban J connectivity index is 1.68. The smallest absolute Gasteiger partial charge is 0.261 e. The average molecular weight is 364 g/mol. The SMILES string of the molecule is CC(=O)Nc1cccc(NC(=O)CCn2cnc3c(C)cccc3c2=O)c1. The van der Waals surface area contributed by atoms with E-state index < -0.39 is 0 Å². The van der Waals surface area contributed by atoms with Gasteiger partial charge in [0.25, 0.3) is 5.56 Å². The number of carbonyl (C=O) groups is 2. The molecule has 0 atom stereocenters. The summed E-state index contributed by atoms with van der Waals surface area (Å²) in [6.07, 6.45) is 1.60. The summed E-state index contributed by atoms with van der Waals surface area (Å²) in [5.74, 6) is -0.414. The molecule has 1 aromatic heterocycles. The standard InChI is InChI=1S/C20H20N4O3/c1-13-5-3-8-17-19(13)21-12-24(20(17)27)10-9-18(26)23-16-7-4-6-15(11-16)22-14(2)25/h3-8,11-12H,9-10H2,1-2H3,(H,22,25)(H,23,26). The Hall–Kier alpha value is -3.48. The van der Waals surface area contributed by atoms with Crippen LogP contribution in [0.4, 0.5) is 11.4 Å². The molecule has 0 radical (unpaired) electrons. The highest BCUT2D eigenvalue weighted by Crippen LogP contribution is 2.15. The molecule has 0 aliphatic heterocycles. The van der Waals surface area contributed by atoms with Crippen molar-refractivity contribution in [3.05, 3.63) is 64.7 Å². The van der Waals surface area contributed by atoms with Gasteiger partial charge in [-0.3, -0.25) is 19.0 Å². The van der Waals surface area contributed by atoms with Crippen LogP contribution in [0.2, 0.25) is 0 Å². The Labute approximate surface area is 156 Å². The number of carbonyl (C=O) groups excluding carboxylic acids is 2. The van der Waals surface area contributed by atoms with Crippen LogP contribution in [0.5, 0.6) is 0 Å². The van der Waals surface area contributed by atoms with Crippen LogP contribution in [-0.4, -0.2) is 21.4 Å². The molecule has 1 heterocycles. The predicted molar refractivity (Wildman–Crippen MR) is 105 cm³/mol. The average Bonchev–Trinajstić information content (AvgIpc) is 2.61. The van der Waals surface area contributed by atoms with Crippen molar-refractivity contribution in [2.75, 3.05) is 10.6 Å². The van der Waals surface area contributed by atoms with Gasteiger partial charge >= 0.3 is 0 Å². The lowest BCUT2D eigenvalue weighted by Gasteiger charge is -2.09. The fraction of sp³-hybridized carbons (Fsp3) is 0.200. The van der Waals surface area contributed by atoms with Gasteiger partial charge in [-0.2, -0.15) is 0 Å². The fourth-order valence-electron chi connectivity index (χ4n) is 2.82. The molecule has 0 aliphatic carbocycles. The molecule has 0 spiro atoms. The first-order chi connectivity index (χ1) is 12.9. The van der Waals surface area contributed by atoms with Crippen LogP contribution in [0.1, 0.15) is 18.9 Å². The maximum absolute atomic E-state index is 12.5. The second kappa shape index (κ2) is 7.82. The molecule has 7 heteroatoms. The number of para-hydroxylation sites is 1. The highest BCUT2D eigenvalue weighted by Gasteiger charge is 2.08. The van der Waals surface area contributed by atoms with E-state index in [1.165, 1.54) is 17.8 Å². The lowest BCUT2D eigenvalue weighted by atomic mass is 10.1. The maximum Gasteiger partial charge on any atom is 0.261 e. The van der Waals surface area contributed by atoms with Crippen molar-refractivity contribution in [2.45, 2.75) is 26.8 Å². The topological polar surface area (TPSA) is 93.1 Å². The van der Waals surface area contributed by atoms with Gasteiger partial charge in [-0.1, -0.05) is 18.2 Å². The van der Waals surface area contributed by atoms with Crippen molar-refractivity contribution < 1.29 is 9.59 Å². The molecule has 7 nitrogen and oxygen atoms in total. The van der Waals surface area contributed by atoms with Crippen LogP contribution in [0.15, 0.2) is 53.6 Å². The molecule has 138 valence electrons. The zero-order chi connectivity index (χ0) is 19.4. The number of aryl methyl sites for hydroxylation is 2. The third kappa shape index (κ3) is 4.38. The van der Waals surface area contributed by atoms with Gasteiger partial charge in [0.15, 0.2) is 0 Å². The highest BCUT2D eigenvalue weighted by molar-refractivity contribution is 5.93. The Bertz CT molecular complexity index is 1070. The molecule has 2 N–H and O–H groups in total. The first-order valence-corrected chi connectivity index (χ1v) is 8.56. The van der Waals surface area contributed by atoms with Crippen LogP contribution < -0.4 is 16.2 Å². The van der Waals surface area contributed by atoms with E-state index in [4.69, 9.17) is 0 Å². The molecule has 27 heavy (non-hydrogen) atoms. The van der Waals surface area contributed by atoms with Crippen molar-refractivity contribution in [1.29, 1.82) is 0 Å². The Kier molecular flexibility index (Phi) is 5.30. The number of nitrogens with zero attached hydrogens (tertiary/aromatic N) is 2. The monoisotopic (exact) mass is 364 g/mol. The van der Waals surface area contributed by atoms with Crippen molar-refractivity contribution in [3.8, 4) is 0 Å². The van der Waals surface area contributed by atoms with Gasteiger partial charge in [0.1, 0.15) is 0 Å². The first-order valence-electron chi connectivity index (χ1n) is 8.56. The largest absolute Gasteiger partial charge is 0.326 e. The van der Waals surface area contributed by atoms with Crippen molar-refractivity contribution >= 4 is 34.1 Å². The lowest BCUT2D eigenvalue weighted by molar-refractivity contribution is -0.116. The number of fused-ring (bicyclic) bond motifs is 1. The summed E-state index contributed by atoms with van der Waals surface area (Å²) < 4.78 is 1.44. The van der Waals surface area contributed by atoms with E-state index in [0.29, 0.717) is 22.3 Å². The highest BCUT2D eigenvalue weighted by atomic mass is 16.2. The number of amides is 2. The minimum atomic E-state index is -0.230. The van der Waals surface area contributed by atoms with Crippen LogP contribution in [0.3, 0.4) is 0 Å². The second-order valence-corrected chi connectivity index (χ2v) is 6.27. The van der Waals surface area contributed by atoms with E-state index in [2.05, 4.69) is 15.6 Å². The summed E-state index contributed by atoms with van der Waals surface area (Å²) >= 11 is 0. The number of anilines is 2. The molecule has 0 fully saturated rings. The lowest BCUT2D eigenvalue weighted by Crippen LogP contribution is -2.23. The minimum absolute atomic E-state index is 0.128. The molecule has 2 amide bonds. The number of rotatable bonds is 5. The van der Waals surface area contributed by atoms with Gasteiger partial charge in [0, 0.05) is 31.3 Å². The van der Waals surface area contributed by atoms with Gasteiger partial charge in [0.05, 0.1) is 17.2 Å². The van der Waals surface area contributed by atoms with Crippen LogP contribution >= 0.6 is 0 Å². The Morgan fingerprint density at radius 1 is 1.07 bits per heavy atom. The predicted octanol–water partition coefficient (Wildman–Crippen LogP) is 2.69. The fourth-order valence-corrected chi connectivity index (χ4v) is 2.82. The van der Waals surface area contributed by atoms with E-state index in [0.717, 1.165) is 5.56 Å². The molecule has 2 aromatic carbocycles. The van der Waals surface area contributed by atoms with Gasteiger partial charge in [0.2, 0.25) is 11.8 Å². The van der Waals surface area contributed by atoms with E-state index in [1.807, 2.05) is 19.1 Å². The van der Waals surface area contributed by atoms with E-state index in [-0.39, 0.29) is 30.3 Å². The van der Waals surface area contributed by atoms with Gasteiger partial charge in [-0.15, -0.1) is 0 Å². The van der Waals surface area contributed by atoms with Crippen molar-refractivity contribution in [1.82, 2.24) is 9.55 Å². The third-order valence-electron chi connectivity index (χ3n) is 4.10. The Morgan fingerprint density at radius 3 is 2.52 bits per heavy atom. The summed E-state index contributed by atoms with van der Waals surface area (Å²) in [6.45, 7) is 3.55. The molecule has 0 aliphatic rings.